The number of amides is 1. The van der Waals surface area contributed by atoms with Crippen LogP contribution in [0, 0.1) is 11.6 Å². The van der Waals surface area contributed by atoms with Crippen molar-refractivity contribution in [2.45, 2.75) is 32.9 Å². The van der Waals surface area contributed by atoms with Gasteiger partial charge in [-0.25, -0.2) is 28.3 Å². The van der Waals surface area contributed by atoms with E-state index < -0.39 is 34.5 Å². The second kappa shape index (κ2) is 9.21. The number of hydrogen-bond acceptors (Lipinski definition) is 8. The van der Waals surface area contributed by atoms with Crippen LogP contribution in [0.5, 0.6) is 0 Å². The third-order valence-electron chi connectivity index (χ3n) is 6.96. The summed E-state index contributed by atoms with van der Waals surface area (Å²) in [7, 11) is 0. The summed E-state index contributed by atoms with van der Waals surface area (Å²) in [6, 6.07) is 8.44. The molecule has 7 aromatic rings. The van der Waals surface area contributed by atoms with Crippen LogP contribution in [0.3, 0.4) is 0 Å². The second-order valence-electron chi connectivity index (χ2n) is 11.0. The van der Waals surface area contributed by atoms with E-state index in [0.29, 0.717) is 16.2 Å². The first-order chi connectivity index (χ1) is 20.5. The van der Waals surface area contributed by atoms with Gasteiger partial charge in [0.05, 0.1) is 40.0 Å². The summed E-state index contributed by atoms with van der Waals surface area (Å²) >= 11 is 0. The van der Waals surface area contributed by atoms with Crippen LogP contribution < -0.4 is 16.5 Å². The predicted octanol–water partition coefficient (Wildman–Crippen LogP) is 5.95. The van der Waals surface area contributed by atoms with Crippen LogP contribution in [0.1, 0.15) is 26.3 Å². The summed E-state index contributed by atoms with van der Waals surface area (Å²) < 4.78 is 48.6. The molecule has 13 heteroatoms. The molecule has 0 unspecified atom stereocenters. The molecule has 0 aliphatic carbocycles. The lowest BCUT2D eigenvalue weighted by molar-refractivity contribution is 0.0634. The van der Waals surface area contributed by atoms with Gasteiger partial charge in [0.15, 0.2) is 0 Å². The molecule has 216 valence electrons. The van der Waals surface area contributed by atoms with Crippen LogP contribution in [-0.2, 0) is 11.3 Å². The fraction of sp³-hybridized carbons (Fsp3) is 0.167. The van der Waals surface area contributed by atoms with Crippen molar-refractivity contribution >= 4 is 66.8 Å². The Morgan fingerprint density at radius 3 is 2.67 bits per heavy atom. The Balaban J connectivity index is 1.42. The number of carbonyl (C=O) groups excluding carboxylic acids is 1. The largest absolute Gasteiger partial charge is 0.463 e. The van der Waals surface area contributed by atoms with Crippen molar-refractivity contribution in [1.29, 1.82) is 0 Å². The molecule has 1 amide bonds. The number of hydrogen-bond donors (Lipinski definition) is 2. The Kier molecular flexibility index (Phi) is 5.64. The number of H-pyrrole nitrogens is 1. The van der Waals surface area contributed by atoms with Crippen LogP contribution >= 0.6 is 0 Å². The number of benzene rings is 2. The Hall–Kier alpha value is -5.59. The van der Waals surface area contributed by atoms with Crippen molar-refractivity contribution in [2.24, 2.45) is 0 Å². The molecule has 0 atom stereocenters. The van der Waals surface area contributed by atoms with Crippen LogP contribution in [0.2, 0.25) is 0 Å². The van der Waals surface area contributed by atoms with E-state index in [4.69, 9.17) is 13.6 Å². The standard InChI is InChI=1S/C30H21F2N5O6/c1-30(2,3)43-29(40)36-28-34-19-10-17(31)13(9-16(19)25(38)35-28)12-37-20-11-18(32)14-6-8-41-24(14)22(20)21-15-5-4-7-33-26(15)42-27(39)23(21)37/h4-11H,12H2,1-3H3,(H2,34,35,36,38,40). The first-order valence-corrected chi connectivity index (χ1v) is 13.1. The molecule has 0 aliphatic rings. The quantitative estimate of drug-likeness (QED) is 0.259. The average molecular weight is 586 g/mol. The molecule has 0 bridgehead atoms. The molecular weight excluding hydrogens is 564 g/mol. The minimum absolute atomic E-state index is 0.0112. The molecule has 0 fully saturated rings. The SMILES string of the molecule is CC(C)(C)OC(=O)Nc1nc2cc(F)c(Cn3c4cc(F)c5ccoc5c4c4c5cccnc5oc(=O)c43)cc2c(=O)[nH]1. The number of aromatic nitrogens is 4. The molecule has 11 nitrogen and oxygen atoms in total. The zero-order chi connectivity index (χ0) is 30.2. The smallest absolute Gasteiger partial charge is 0.414 e. The lowest BCUT2D eigenvalue weighted by Crippen LogP contribution is -2.28. The zero-order valence-corrected chi connectivity index (χ0v) is 22.9. The summed E-state index contributed by atoms with van der Waals surface area (Å²) in [5.74, 6) is -1.58. The number of aromatic amines is 1. The Labute approximate surface area is 238 Å². The van der Waals surface area contributed by atoms with Crippen molar-refractivity contribution in [1.82, 2.24) is 19.5 Å². The van der Waals surface area contributed by atoms with Gasteiger partial charge < -0.3 is 18.1 Å². The number of fused-ring (bicyclic) bond motifs is 8. The Morgan fingerprint density at radius 1 is 1.07 bits per heavy atom. The summed E-state index contributed by atoms with van der Waals surface area (Å²) in [5, 5.41) is 3.89. The summed E-state index contributed by atoms with van der Waals surface area (Å²) in [6.07, 6.45) is 1.97. The third kappa shape index (κ3) is 4.28. The van der Waals surface area contributed by atoms with E-state index in [1.165, 1.54) is 35.2 Å². The maximum absolute atomic E-state index is 15.6. The Morgan fingerprint density at radius 2 is 1.88 bits per heavy atom. The number of ether oxygens (including phenoxy) is 1. The number of nitrogens with one attached hydrogen (secondary N) is 2. The lowest BCUT2D eigenvalue weighted by atomic mass is 10.1. The molecule has 5 heterocycles. The highest BCUT2D eigenvalue weighted by Crippen LogP contribution is 2.39. The number of pyridine rings is 1. The minimum atomic E-state index is -0.849. The summed E-state index contributed by atoms with van der Waals surface area (Å²) in [5.41, 5.74) is -1.65. The van der Waals surface area contributed by atoms with Crippen LogP contribution in [0.15, 0.2) is 67.3 Å². The second-order valence-corrected chi connectivity index (χ2v) is 11.0. The van der Waals surface area contributed by atoms with Gasteiger partial charge in [0.25, 0.3) is 5.56 Å². The van der Waals surface area contributed by atoms with Crippen LogP contribution in [0.25, 0.3) is 54.8 Å². The monoisotopic (exact) mass is 585 g/mol. The molecule has 5 aromatic heterocycles. The predicted molar refractivity (Wildman–Crippen MR) is 154 cm³/mol. The summed E-state index contributed by atoms with van der Waals surface area (Å²) in [4.78, 5) is 49.2. The number of nitrogens with zero attached hydrogens (tertiary/aromatic N) is 3. The number of rotatable bonds is 3. The fourth-order valence-corrected chi connectivity index (χ4v) is 5.30. The van der Waals surface area contributed by atoms with Crippen LogP contribution in [0.4, 0.5) is 19.5 Å². The highest BCUT2D eigenvalue weighted by molar-refractivity contribution is 6.25. The molecular formula is C30H21F2N5O6. The van der Waals surface area contributed by atoms with Gasteiger partial charge in [-0.1, -0.05) is 0 Å². The van der Waals surface area contributed by atoms with Crippen molar-refractivity contribution in [2.75, 3.05) is 5.32 Å². The first-order valence-electron chi connectivity index (χ1n) is 13.1. The van der Waals surface area contributed by atoms with E-state index >= 15 is 8.78 Å². The number of furan rings is 1. The minimum Gasteiger partial charge on any atom is -0.463 e. The van der Waals surface area contributed by atoms with E-state index in [9.17, 15) is 14.4 Å². The van der Waals surface area contributed by atoms with E-state index in [2.05, 4.69) is 20.3 Å². The zero-order valence-electron chi connectivity index (χ0n) is 22.9. The fourth-order valence-electron chi connectivity index (χ4n) is 5.30. The molecule has 0 saturated carbocycles. The maximum Gasteiger partial charge on any atom is 0.414 e. The van der Waals surface area contributed by atoms with E-state index in [1.807, 2.05) is 0 Å². The van der Waals surface area contributed by atoms with Gasteiger partial charge in [0, 0.05) is 28.6 Å². The van der Waals surface area contributed by atoms with Gasteiger partial charge in [-0.3, -0.25) is 15.1 Å². The van der Waals surface area contributed by atoms with Gasteiger partial charge in [-0.05, 0) is 51.1 Å². The molecule has 43 heavy (non-hydrogen) atoms. The molecule has 7 rings (SSSR count). The van der Waals surface area contributed by atoms with Gasteiger partial charge in [-0.2, -0.15) is 0 Å². The first kappa shape index (κ1) is 26.3. The molecule has 0 radical (unpaired) electrons. The molecule has 0 spiro atoms. The van der Waals surface area contributed by atoms with Gasteiger partial charge in [0.2, 0.25) is 11.7 Å². The maximum atomic E-state index is 15.6. The highest BCUT2D eigenvalue weighted by Gasteiger charge is 2.25. The van der Waals surface area contributed by atoms with E-state index in [1.54, 1.807) is 32.9 Å². The van der Waals surface area contributed by atoms with Gasteiger partial charge in [-0.15, -0.1) is 0 Å². The van der Waals surface area contributed by atoms with Crippen molar-refractivity contribution < 1.29 is 27.1 Å². The molecule has 2 N–H and O–H groups in total. The molecule has 2 aromatic carbocycles. The highest BCUT2D eigenvalue weighted by atomic mass is 19.1. The molecule has 0 aliphatic heterocycles. The van der Waals surface area contributed by atoms with Crippen LogP contribution in [-0.4, -0.2) is 31.2 Å². The summed E-state index contributed by atoms with van der Waals surface area (Å²) in [6.45, 7) is 4.74. The Bertz CT molecular complexity index is 2420. The molecule has 0 saturated heterocycles. The lowest BCUT2D eigenvalue weighted by Gasteiger charge is -2.19. The van der Waals surface area contributed by atoms with Crippen molar-refractivity contribution in [3.63, 3.8) is 0 Å². The van der Waals surface area contributed by atoms with E-state index in [0.717, 1.165) is 6.07 Å². The topological polar surface area (TPSA) is 145 Å². The number of carbonyl (C=O) groups is 1. The van der Waals surface area contributed by atoms with Gasteiger partial charge >= 0.3 is 11.7 Å². The third-order valence-corrected chi connectivity index (χ3v) is 6.96. The average Bonchev–Trinajstić information content (AvgIpc) is 3.53. The van der Waals surface area contributed by atoms with Crippen molar-refractivity contribution in [3.05, 3.63) is 86.8 Å². The number of anilines is 1. The van der Waals surface area contributed by atoms with E-state index in [-0.39, 0.29) is 56.7 Å². The van der Waals surface area contributed by atoms with Crippen molar-refractivity contribution in [3.8, 4) is 0 Å². The normalized spacial score (nSPS) is 12.2. The van der Waals surface area contributed by atoms with Gasteiger partial charge in [0.1, 0.15) is 28.3 Å². The number of halogens is 2.